The topological polar surface area (TPSA) is 134 Å². The predicted molar refractivity (Wildman–Crippen MR) is 186 cm³/mol. The van der Waals surface area contributed by atoms with E-state index in [4.69, 9.17) is 34.3 Å². The van der Waals surface area contributed by atoms with Crippen molar-refractivity contribution in [2.75, 3.05) is 44.8 Å². The van der Waals surface area contributed by atoms with Crippen molar-refractivity contribution in [2.24, 2.45) is 0 Å². The normalized spacial score (nSPS) is 11.4. The molecular formula is C33H33ClFN4O8PS. The third kappa shape index (κ3) is 10.7. The molecular weight excluding hydrogens is 698 g/mol. The number of nitrogens with zero attached hydrogens (tertiary/aromatic N) is 3. The molecule has 0 atom stereocenters. The first-order valence-electron chi connectivity index (χ1n) is 14.8. The van der Waals surface area contributed by atoms with Gasteiger partial charge in [0, 0.05) is 54.3 Å². The van der Waals surface area contributed by atoms with Gasteiger partial charge in [-0.2, -0.15) is 4.33 Å². The molecule has 0 radical (unpaired) electrons. The van der Waals surface area contributed by atoms with Gasteiger partial charge < -0.3 is 19.2 Å². The first-order chi connectivity index (χ1) is 23.6. The zero-order valence-corrected chi connectivity index (χ0v) is 29.2. The highest BCUT2D eigenvalue weighted by Crippen LogP contribution is 2.37. The molecule has 0 unspecified atom stereocenters. The van der Waals surface area contributed by atoms with E-state index >= 15 is 0 Å². The molecule has 0 aliphatic rings. The average molecular weight is 731 g/mol. The van der Waals surface area contributed by atoms with Gasteiger partial charge in [0.05, 0.1) is 24.2 Å². The molecule has 0 spiro atoms. The molecule has 0 aliphatic heterocycles. The Morgan fingerprint density at radius 1 is 1.08 bits per heavy atom. The van der Waals surface area contributed by atoms with E-state index in [-0.39, 0.29) is 25.5 Å². The molecule has 1 N–H and O–H groups in total. The number of hydrogen-bond donors (Lipinski definition) is 1. The van der Waals surface area contributed by atoms with Crippen molar-refractivity contribution in [1.29, 1.82) is 0 Å². The van der Waals surface area contributed by atoms with Crippen LogP contribution in [0.15, 0.2) is 83.5 Å². The molecule has 16 heteroatoms. The predicted octanol–water partition coefficient (Wildman–Crippen LogP) is 8.68. The number of halogens is 2. The third-order valence-corrected chi connectivity index (χ3v) is 8.38. The van der Waals surface area contributed by atoms with Gasteiger partial charge in [0.1, 0.15) is 41.8 Å². The molecule has 2 aromatic heterocycles. The van der Waals surface area contributed by atoms with E-state index in [1.807, 2.05) is 18.2 Å². The van der Waals surface area contributed by atoms with Crippen molar-refractivity contribution in [1.82, 2.24) is 14.9 Å². The quantitative estimate of drug-likeness (QED) is 0.0260. The van der Waals surface area contributed by atoms with Crippen molar-refractivity contribution in [3.8, 4) is 17.1 Å². The lowest BCUT2D eigenvalue weighted by atomic mass is 10.1. The Labute approximate surface area is 291 Å². The molecule has 0 saturated carbocycles. The smallest absolute Gasteiger partial charge is 0.412 e. The Kier molecular flexibility index (Phi) is 12.5. The number of fused-ring (bicyclic) bond motifs is 1. The lowest BCUT2D eigenvalue weighted by Crippen LogP contribution is -2.33. The van der Waals surface area contributed by atoms with Crippen LogP contribution in [0.2, 0.25) is 5.02 Å². The van der Waals surface area contributed by atoms with Crippen LogP contribution in [0, 0.1) is 5.82 Å². The van der Waals surface area contributed by atoms with Crippen molar-refractivity contribution in [2.45, 2.75) is 13.2 Å². The maximum Gasteiger partial charge on any atom is 0.412 e. The maximum atomic E-state index is 13.5. The van der Waals surface area contributed by atoms with Gasteiger partial charge in [-0.05, 0) is 66.2 Å². The standard InChI is InChI=1S/C33H33ClFN4O8PS/c1-42-47-49-14-13-39(33(40)44-21-45-48(2,3)41)18-26-9-12-30(46-26)23-7-10-29-27(16-23)32(37-20-36-29)38-25-8-11-31(28(34)17-25)43-19-22-5-4-6-24(35)15-22/h4-12,15-17,20H,13-14,18-19,21H2,1-3H3,(H,36,37,38). The van der Waals surface area contributed by atoms with Gasteiger partial charge in [0.2, 0.25) is 6.79 Å². The first kappa shape index (κ1) is 36.1. The van der Waals surface area contributed by atoms with Crippen LogP contribution in [0.4, 0.5) is 20.7 Å². The summed E-state index contributed by atoms with van der Waals surface area (Å²) in [5, 5.41) is 4.39. The van der Waals surface area contributed by atoms with Gasteiger partial charge >= 0.3 is 6.09 Å². The van der Waals surface area contributed by atoms with Crippen molar-refractivity contribution in [3.05, 3.63) is 101 Å². The van der Waals surface area contributed by atoms with E-state index in [0.717, 1.165) is 23.0 Å². The number of rotatable bonds is 16. The second-order valence-corrected chi connectivity index (χ2v) is 14.7. The van der Waals surface area contributed by atoms with Crippen molar-refractivity contribution >= 4 is 59.5 Å². The number of anilines is 2. The Bertz CT molecular complexity index is 1940. The molecule has 1 amide bonds. The monoisotopic (exact) mass is 730 g/mol. The summed E-state index contributed by atoms with van der Waals surface area (Å²) in [4.78, 5) is 27.7. The van der Waals surface area contributed by atoms with Gasteiger partial charge in [-0.1, -0.05) is 23.7 Å². The lowest BCUT2D eigenvalue weighted by molar-refractivity contribution is -0.160. The molecule has 49 heavy (non-hydrogen) atoms. The van der Waals surface area contributed by atoms with E-state index in [0.29, 0.717) is 50.6 Å². The van der Waals surface area contributed by atoms with Gasteiger partial charge in [-0.3, -0.25) is 14.0 Å². The number of carbonyl (C=O) groups excluding carboxylic acids is 1. The number of furan rings is 1. The number of amides is 1. The fraction of sp³-hybridized carbons (Fsp3) is 0.242. The molecule has 3 aromatic carbocycles. The summed E-state index contributed by atoms with van der Waals surface area (Å²) < 4.78 is 52.4. The van der Waals surface area contributed by atoms with Crippen LogP contribution in [0.5, 0.6) is 5.75 Å². The minimum atomic E-state index is -2.83. The van der Waals surface area contributed by atoms with Crippen LogP contribution in [-0.2, 0) is 36.2 Å². The van der Waals surface area contributed by atoms with E-state index in [1.165, 1.54) is 43.8 Å². The van der Waals surface area contributed by atoms with Gasteiger partial charge in [-0.25, -0.2) is 24.0 Å². The fourth-order valence-corrected chi connectivity index (χ4v) is 5.50. The van der Waals surface area contributed by atoms with Crippen molar-refractivity contribution < 1.29 is 41.4 Å². The van der Waals surface area contributed by atoms with Gasteiger partial charge in [0.25, 0.3) is 0 Å². The number of ether oxygens (including phenoxy) is 2. The lowest BCUT2D eigenvalue weighted by Gasteiger charge is -2.21. The Morgan fingerprint density at radius 3 is 2.71 bits per heavy atom. The van der Waals surface area contributed by atoms with Crippen LogP contribution in [0.1, 0.15) is 11.3 Å². The largest absolute Gasteiger partial charge is 0.487 e. The molecule has 0 aliphatic carbocycles. The zero-order chi connectivity index (χ0) is 34.8. The van der Waals surface area contributed by atoms with Crippen molar-refractivity contribution in [3.63, 3.8) is 0 Å². The number of hydrogen-bond acceptors (Lipinski definition) is 12. The summed E-state index contributed by atoms with van der Waals surface area (Å²) in [7, 11) is -1.44. The minimum absolute atomic E-state index is 0.0918. The van der Waals surface area contributed by atoms with Crippen LogP contribution in [0.3, 0.4) is 0 Å². The molecule has 0 saturated heterocycles. The summed E-state index contributed by atoms with van der Waals surface area (Å²) in [5.74, 6) is 2.10. The first-order valence-corrected chi connectivity index (χ1v) is 18.6. The maximum absolute atomic E-state index is 13.5. The molecule has 258 valence electrons. The highest BCUT2D eigenvalue weighted by atomic mass is 35.5. The van der Waals surface area contributed by atoms with Crippen LogP contribution < -0.4 is 10.1 Å². The summed E-state index contributed by atoms with van der Waals surface area (Å²) in [5.41, 5.74) is 2.80. The molecule has 12 nitrogen and oxygen atoms in total. The molecule has 0 bridgehead atoms. The van der Waals surface area contributed by atoms with Crippen LogP contribution >= 0.6 is 31.0 Å². The summed E-state index contributed by atoms with van der Waals surface area (Å²) in [6.07, 6.45) is 0.788. The number of benzene rings is 3. The molecule has 2 heterocycles. The molecule has 0 fully saturated rings. The number of aromatic nitrogens is 2. The highest BCUT2D eigenvalue weighted by molar-refractivity contribution is 7.94. The highest BCUT2D eigenvalue weighted by Gasteiger charge is 2.20. The van der Waals surface area contributed by atoms with E-state index in [2.05, 4.69) is 20.2 Å². The van der Waals surface area contributed by atoms with E-state index < -0.39 is 20.3 Å². The Morgan fingerprint density at radius 2 is 1.94 bits per heavy atom. The fourth-order valence-electron chi connectivity index (χ4n) is 4.50. The Balaban J connectivity index is 1.29. The molecule has 5 rings (SSSR count). The summed E-state index contributed by atoms with van der Waals surface area (Å²) >= 11 is 7.54. The van der Waals surface area contributed by atoms with Gasteiger partial charge in [0.15, 0.2) is 7.37 Å². The van der Waals surface area contributed by atoms with Gasteiger partial charge in [-0.15, -0.1) is 0 Å². The van der Waals surface area contributed by atoms with Crippen LogP contribution in [-0.4, -0.2) is 60.5 Å². The summed E-state index contributed by atoms with van der Waals surface area (Å²) in [6.45, 7) is 2.92. The van der Waals surface area contributed by atoms with E-state index in [9.17, 15) is 13.8 Å². The minimum Gasteiger partial charge on any atom is -0.487 e. The SMILES string of the molecule is COOSCCN(Cc1ccc(-c2ccc3ncnc(Nc4ccc(OCc5cccc(F)c5)c(Cl)c4)c3c2)o1)C(=O)OCOP(C)(C)=O. The molecule has 5 aromatic rings. The number of carbonyl (C=O) groups is 1. The third-order valence-electron chi connectivity index (χ3n) is 6.77. The number of nitrogens with one attached hydrogen (secondary N) is 1. The average Bonchev–Trinajstić information content (AvgIpc) is 3.54. The second kappa shape index (κ2) is 17.0. The zero-order valence-electron chi connectivity index (χ0n) is 26.8. The Hall–Kier alpha value is -4.17. The summed E-state index contributed by atoms with van der Waals surface area (Å²) in [6, 6.07) is 20.6. The second-order valence-electron chi connectivity index (χ2n) is 10.8. The van der Waals surface area contributed by atoms with E-state index in [1.54, 1.807) is 42.5 Å². The van der Waals surface area contributed by atoms with Crippen LogP contribution in [0.25, 0.3) is 22.2 Å².